The lowest BCUT2D eigenvalue weighted by atomic mass is 9.81. The van der Waals surface area contributed by atoms with Crippen LogP contribution in [-0.2, 0) is 9.47 Å². The molecule has 1 N–H and O–H groups in total. The second kappa shape index (κ2) is 4.94. The molecule has 0 amide bonds. The average Bonchev–Trinajstić information content (AvgIpc) is 2.67. The largest absolute Gasteiger partial charge is 0.378 e. The topological polar surface area (TPSA) is 30.5 Å². The first-order valence-electron chi connectivity index (χ1n) is 5.84. The molecule has 0 saturated carbocycles. The van der Waals surface area contributed by atoms with Crippen molar-refractivity contribution < 1.29 is 18.3 Å². The van der Waals surface area contributed by atoms with Gasteiger partial charge in [0.15, 0.2) is 0 Å². The number of rotatable bonds is 3. The summed E-state index contributed by atoms with van der Waals surface area (Å²) in [6.45, 7) is 1.81. The lowest BCUT2D eigenvalue weighted by Crippen LogP contribution is -2.49. The van der Waals surface area contributed by atoms with Crippen LogP contribution in [0.2, 0.25) is 0 Å². The quantitative estimate of drug-likeness (QED) is 0.802. The minimum Gasteiger partial charge on any atom is -0.378 e. The van der Waals surface area contributed by atoms with Crippen LogP contribution in [0.5, 0.6) is 0 Å². The molecule has 0 aromatic heterocycles. The Labute approximate surface area is 94.5 Å². The zero-order chi connectivity index (χ0) is 11.6. The van der Waals surface area contributed by atoms with Gasteiger partial charge in [0.1, 0.15) is 0 Å². The first kappa shape index (κ1) is 12.2. The van der Waals surface area contributed by atoms with E-state index in [1.807, 2.05) is 0 Å². The molecule has 3 unspecified atom stereocenters. The molecular weight excluding hydrogens is 216 g/mol. The lowest BCUT2D eigenvalue weighted by molar-refractivity contribution is -0.110. The summed E-state index contributed by atoms with van der Waals surface area (Å²) in [5.41, 5.74) is -0.285. The van der Waals surface area contributed by atoms with Gasteiger partial charge in [0.2, 0.25) is 0 Å². The molecule has 0 bridgehead atoms. The highest BCUT2D eigenvalue weighted by Crippen LogP contribution is 2.37. The molecule has 0 aromatic carbocycles. The highest BCUT2D eigenvalue weighted by atomic mass is 19.3. The van der Waals surface area contributed by atoms with Crippen LogP contribution in [0.3, 0.4) is 0 Å². The summed E-state index contributed by atoms with van der Waals surface area (Å²) < 4.78 is 36.7. The molecule has 94 valence electrons. The maximum atomic E-state index is 12.8. The van der Waals surface area contributed by atoms with Crippen LogP contribution in [0.4, 0.5) is 8.78 Å². The van der Waals surface area contributed by atoms with Gasteiger partial charge in [-0.15, -0.1) is 0 Å². The Bertz CT molecular complexity index is 232. The van der Waals surface area contributed by atoms with Crippen LogP contribution in [0.15, 0.2) is 0 Å². The monoisotopic (exact) mass is 235 g/mol. The van der Waals surface area contributed by atoms with Gasteiger partial charge in [-0.2, -0.15) is 0 Å². The Morgan fingerprint density at radius 2 is 2.19 bits per heavy atom. The predicted molar refractivity (Wildman–Crippen MR) is 55.7 cm³/mol. The van der Waals surface area contributed by atoms with E-state index in [9.17, 15) is 8.78 Å². The molecular formula is C11H19F2NO2. The summed E-state index contributed by atoms with van der Waals surface area (Å²) in [4.78, 5) is 0. The van der Waals surface area contributed by atoms with Crippen molar-refractivity contribution in [2.45, 2.75) is 37.3 Å². The zero-order valence-corrected chi connectivity index (χ0v) is 9.55. The van der Waals surface area contributed by atoms with E-state index in [1.165, 1.54) is 0 Å². The van der Waals surface area contributed by atoms with Crippen LogP contribution < -0.4 is 5.32 Å². The number of halogens is 2. The maximum Gasteiger partial charge on any atom is 0.253 e. The van der Waals surface area contributed by atoms with Gasteiger partial charge < -0.3 is 14.8 Å². The number of ether oxygens (including phenoxy) is 2. The molecule has 2 heterocycles. The van der Waals surface area contributed by atoms with Gasteiger partial charge in [0, 0.05) is 19.6 Å². The van der Waals surface area contributed by atoms with Gasteiger partial charge >= 0.3 is 0 Å². The van der Waals surface area contributed by atoms with E-state index in [0.29, 0.717) is 32.7 Å². The molecule has 2 aliphatic rings. The number of hydrogen-bond acceptors (Lipinski definition) is 3. The number of hydrogen-bond donors (Lipinski definition) is 1. The van der Waals surface area contributed by atoms with E-state index in [4.69, 9.17) is 9.47 Å². The fourth-order valence-corrected chi connectivity index (χ4v) is 2.80. The third-order valence-corrected chi connectivity index (χ3v) is 3.71. The molecule has 2 saturated heterocycles. The molecule has 2 fully saturated rings. The molecule has 16 heavy (non-hydrogen) atoms. The Kier molecular flexibility index (Phi) is 3.77. The Balaban J connectivity index is 2.00. The molecule has 0 aliphatic carbocycles. The van der Waals surface area contributed by atoms with Crippen LogP contribution in [0.25, 0.3) is 0 Å². The molecule has 5 heteroatoms. The first-order valence-corrected chi connectivity index (χ1v) is 5.84. The maximum absolute atomic E-state index is 12.8. The van der Waals surface area contributed by atoms with Crippen molar-refractivity contribution in [2.24, 2.45) is 5.92 Å². The van der Waals surface area contributed by atoms with E-state index in [-0.39, 0.29) is 11.5 Å². The SMILES string of the molecule is CNC(C(F)F)C1CCOC2(CCOC2)C1. The summed E-state index contributed by atoms with van der Waals surface area (Å²) in [5, 5.41) is 2.73. The molecule has 2 rings (SSSR count). The van der Waals surface area contributed by atoms with Gasteiger partial charge in [-0.05, 0) is 25.8 Å². The lowest BCUT2D eigenvalue weighted by Gasteiger charge is -2.40. The van der Waals surface area contributed by atoms with Crippen LogP contribution >= 0.6 is 0 Å². The van der Waals surface area contributed by atoms with E-state index < -0.39 is 12.5 Å². The standard InChI is InChI=1S/C11H19F2NO2/c1-14-9(10(12)13)8-2-4-16-11(6-8)3-5-15-7-11/h8-10,14H,2-7H2,1H3. The minimum absolute atomic E-state index is 0.0135. The average molecular weight is 235 g/mol. The van der Waals surface area contributed by atoms with Gasteiger partial charge in [-0.25, -0.2) is 8.78 Å². The van der Waals surface area contributed by atoms with Crippen molar-refractivity contribution in [3.05, 3.63) is 0 Å². The number of alkyl halides is 2. The second-order valence-corrected chi connectivity index (χ2v) is 4.74. The van der Waals surface area contributed by atoms with Crippen LogP contribution in [-0.4, -0.2) is 44.9 Å². The molecule has 2 aliphatic heterocycles. The Morgan fingerprint density at radius 1 is 1.38 bits per heavy atom. The molecule has 3 atom stereocenters. The third-order valence-electron chi connectivity index (χ3n) is 3.71. The predicted octanol–water partition coefficient (Wildman–Crippen LogP) is 1.43. The minimum atomic E-state index is -2.31. The fourth-order valence-electron chi connectivity index (χ4n) is 2.80. The summed E-state index contributed by atoms with van der Waals surface area (Å²) >= 11 is 0. The second-order valence-electron chi connectivity index (χ2n) is 4.74. The molecule has 1 spiro atoms. The zero-order valence-electron chi connectivity index (χ0n) is 9.55. The molecule has 0 radical (unpaired) electrons. The smallest absolute Gasteiger partial charge is 0.253 e. The van der Waals surface area contributed by atoms with Crippen molar-refractivity contribution in [1.29, 1.82) is 0 Å². The van der Waals surface area contributed by atoms with Gasteiger partial charge in [0.05, 0.1) is 18.2 Å². The molecule has 3 nitrogen and oxygen atoms in total. The summed E-state index contributed by atoms with van der Waals surface area (Å²) in [7, 11) is 1.60. The van der Waals surface area contributed by atoms with Crippen LogP contribution in [0, 0.1) is 5.92 Å². The first-order chi connectivity index (χ1) is 7.67. The van der Waals surface area contributed by atoms with Gasteiger partial charge in [-0.3, -0.25) is 0 Å². The van der Waals surface area contributed by atoms with Crippen molar-refractivity contribution >= 4 is 0 Å². The van der Waals surface area contributed by atoms with Crippen molar-refractivity contribution in [3.63, 3.8) is 0 Å². The third kappa shape index (κ3) is 2.36. The molecule has 0 aromatic rings. The van der Waals surface area contributed by atoms with Gasteiger partial charge in [-0.1, -0.05) is 0 Å². The highest BCUT2D eigenvalue weighted by molar-refractivity contribution is 4.94. The fraction of sp³-hybridized carbons (Fsp3) is 1.00. The van der Waals surface area contributed by atoms with Crippen molar-refractivity contribution in [3.8, 4) is 0 Å². The van der Waals surface area contributed by atoms with E-state index >= 15 is 0 Å². The van der Waals surface area contributed by atoms with E-state index in [1.54, 1.807) is 7.05 Å². The highest BCUT2D eigenvalue weighted by Gasteiger charge is 2.44. The van der Waals surface area contributed by atoms with Crippen LogP contribution in [0.1, 0.15) is 19.3 Å². The van der Waals surface area contributed by atoms with Gasteiger partial charge in [0.25, 0.3) is 6.43 Å². The van der Waals surface area contributed by atoms with Crippen molar-refractivity contribution in [2.75, 3.05) is 26.9 Å². The normalized spacial score (nSPS) is 37.1. The number of nitrogens with one attached hydrogen (secondary N) is 1. The summed E-state index contributed by atoms with van der Waals surface area (Å²) in [6.07, 6.45) is -0.0867. The van der Waals surface area contributed by atoms with E-state index in [0.717, 1.165) is 6.42 Å². The Hall–Kier alpha value is -0.260. The van der Waals surface area contributed by atoms with Crippen molar-refractivity contribution in [1.82, 2.24) is 5.32 Å². The summed E-state index contributed by atoms with van der Waals surface area (Å²) in [5.74, 6) is -0.0135. The Morgan fingerprint density at radius 3 is 2.75 bits per heavy atom. The van der Waals surface area contributed by atoms with E-state index in [2.05, 4.69) is 5.32 Å². The summed E-state index contributed by atoms with van der Waals surface area (Å²) in [6, 6.07) is -0.721.